The minimum Gasteiger partial charge on any atom is -0.493 e. The maximum atomic E-state index is 12.6. The van der Waals surface area contributed by atoms with E-state index in [0.717, 1.165) is 29.8 Å². The van der Waals surface area contributed by atoms with Gasteiger partial charge in [0, 0.05) is 12.2 Å². The van der Waals surface area contributed by atoms with Gasteiger partial charge in [-0.3, -0.25) is 9.69 Å². The van der Waals surface area contributed by atoms with E-state index in [-0.39, 0.29) is 5.91 Å². The van der Waals surface area contributed by atoms with Gasteiger partial charge in [0.25, 0.3) is 0 Å². The second-order valence-corrected chi connectivity index (χ2v) is 6.80. The SMILES string of the molecule is CCOc1ccc(CN(C)CC(=O)Nc2c(CC)cccc2CC)cc1OC. The maximum absolute atomic E-state index is 12.6. The van der Waals surface area contributed by atoms with Gasteiger partial charge in [0.2, 0.25) is 5.91 Å². The molecule has 5 nitrogen and oxygen atoms in total. The molecule has 0 aliphatic heterocycles. The van der Waals surface area contributed by atoms with E-state index < -0.39 is 0 Å². The molecule has 1 N–H and O–H groups in total. The van der Waals surface area contributed by atoms with Gasteiger partial charge in [0.05, 0.1) is 20.3 Å². The van der Waals surface area contributed by atoms with Crippen LogP contribution in [0.15, 0.2) is 36.4 Å². The molecule has 2 aromatic carbocycles. The predicted octanol–water partition coefficient (Wildman–Crippen LogP) is 4.29. The number of carbonyl (C=O) groups is 1. The first-order chi connectivity index (χ1) is 13.5. The third kappa shape index (κ3) is 5.73. The fourth-order valence-corrected chi connectivity index (χ4v) is 3.28. The zero-order chi connectivity index (χ0) is 20.5. The number of rotatable bonds is 10. The lowest BCUT2D eigenvalue weighted by atomic mass is 10.0. The lowest BCUT2D eigenvalue weighted by Crippen LogP contribution is -2.30. The maximum Gasteiger partial charge on any atom is 0.238 e. The van der Waals surface area contributed by atoms with Crippen molar-refractivity contribution in [1.82, 2.24) is 4.90 Å². The minimum atomic E-state index is -0.00370. The molecule has 0 atom stereocenters. The van der Waals surface area contributed by atoms with Crippen LogP contribution in [0.2, 0.25) is 0 Å². The van der Waals surface area contributed by atoms with Gasteiger partial charge < -0.3 is 14.8 Å². The molecular formula is C23H32N2O3. The van der Waals surface area contributed by atoms with Gasteiger partial charge in [-0.05, 0) is 55.6 Å². The smallest absolute Gasteiger partial charge is 0.238 e. The molecule has 28 heavy (non-hydrogen) atoms. The van der Waals surface area contributed by atoms with E-state index >= 15 is 0 Å². The summed E-state index contributed by atoms with van der Waals surface area (Å²) in [6.45, 7) is 7.71. The summed E-state index contributed by atoms with van der Waals surface area (Å²) in [4.78, 5) is 14.6. The summed E-state index contributed by atoms with van der Waals surface area (Å²) in [5, 5.41) is 3.12. The number of hydrogen-bond donors (Lipinski definition) is 1. The number of methoxy groups -OCH3 is 1. The van der Waals surface area contributed by atoms with Crippen LogP contribution in [-0.2, 0) is 24.2 Å². The van der Waals surface area contributed by atoms with Crippen molar-refractivity contribution in [3.8, 4) is 11.5 Å². The topological polar surface area (TPSA) is 50.8 Å². The van der Waals surface area contributed by atoms with Crippen LogP contribution in [0.4, 0.5) is 5.69 Å². The van der Waals surface area contributed by atoms with E-state index in [1.165, 1.54) is 11.1 Å². The first-order valence-electron chi connectivity index (χ1n) is 9.91. The first-order valence-corrected chi connectivity index (χ1v) is 9.91. The van der Waals surface area contributed by atoms with E-state index in [1.54, 1.807) is 7.11 Å². The monoisotopic (exact) mass is 384 g/mol. The molecule has 0 aliphatic carbocycles. The van der Waals surface area contributed by atoms with Crippen molar-refractivity contribution in [2.45, 2.75) is 40.2 Å². The van der Waals surface area contributed by atoms with Crippen LogP contribution >= 0.6 is 0 Å². The van der Waals surface area contributed by atoms with Crippen LogP contribution in [0, 0.1) is 0 Å². The van der Waals surface area contributed by atoms with Gasteiger partial charge in [-0.15, -0.1) is 0 Å². The summed E-state index contributed by atoms with van der Waals surface area (Å²) >= 11 is 0. The molecule has 0 heterocycles. The fraction of sp³-hybridized carbons (Fsp3) is 0.435. The molecule has 0 spiro atoms. The lowest BCUT2D eigenvalue weighted by Gasteiger charge is -2.19. The highest BCUT2D eigenvalue weighted by atomic mass is 16.5. The zero-order valence-corrected chi connectivity index (χ0v) is 17.7. The van der Waals surface area contributed by atoms with Crippen LogP contribution in [0.1, 0.15) is 37.5 Å². The van der Waals surface area contributed by atoms with Crippen LogP contribution in [-0.4, -0.2) is 38.1 Å². The normalized spacial score (nSPS) is 10.8. The van der Waals surface area contributed by atoms with Gasteiger partial charge in [-0.1, -0.05) is 38.1 Å². The van der Waals surface area contributed by atoms with Gasteiger partial charge in [0.1, 0.15) is 0 Å². The average Bonchev–Trinajstić information content (AvgIpc) is 2.69. The Labute approximate surface area is 168 Å². The highest BCUT2D eigenvalue weighted by Crippen LogP contribution is 2.28. The number of hydrogen-bond acceptors (Lipinski definition) is 4. The van der Waals surface area contributed by atoms with Crippen molar-refractivity contribution in [3.05, 3.63) is 53.1 Å². The molecule has 0 saturated heterocycles. The summed E-state index contributed by atoms with van der Waals surface area (Å²) in [6.07, 6.45) is 1.79. The first kappa shape index (κ1) is 21.8. The molecular weight excluding hydrogens is 352 g/mol. The summed E-state index contributed by atoms with van der Waals surface area (Å²) in [5.41, 5.74) is 4.38. The van der Waals surface area contributed by atoms with E-state index in [1.807, 2.05) is 37.1 Å². The number of ether oxygens (including phenoxy) is 2. The minimum absolute atomic E-state index is 0.00370. The predicted molar refractivity (Wildman–Crippen MR) is 114 cm³/mol. The van der Waals surface area contributed by atoms with Crippen molar-refractivity contribution >= 4 is 11.6 Å². The molecule has 152 valence electrons. The van der Waals surface area contributed by atoms with Crippen LogP contribution in [0.3, 0.4) is 0 Å². The van der Waals surface area contributed by atoms with Crippen LogP contribution in [0.25, 0.3) is 0 Å². The molecule has 0 saturated carbocycles. The highest BCUT2D eigenvalue weighted by Gasteiger charge is 2.13. The number of nitrogens with zero attached hydrogens (tertiary/aromatic N) is 1. The standard InChI is InChI=1S/C23H32N2O3/c1-6-18-10-9-11-19(7-2)23(18)24-22(26)16-25(4)15-17-12-13-20(28-8-3)21(14-17)27-5/h9-14H,6-8,15-16H2,1-5H3,(H,24,26). The van der Waals surface area contributed by atoms with E-state index in [4.69, 9.17) is 9.47 Å². The molecule has 0 fully saturated rings. The Bertz CT molecular complexity index is 767. The Kier molecular flexibility index (Phi) is 8.33. The number of amides is 1. The van der Waals surface area contributed by atoms with Crippen LogP contribution in [0.5, 0.6) is 11.5 Å². The zero-order valence-electron chi connectivity index (χ0n) is 17.7. The van der Waals surface area contributed by atoms with Crippen molar-refractivity contribution < 1.29 is 14.3 Å². The van der Waals surface area contributed by atoms with Crippen LogP contribution < -0.4 is 14.8 Å². The average molecular weight is 385 g/mol. The van der Waals surface area contributed by atoms with E-state index in [0.29, 0.717) is 25.4 Å². The third-order valence-corrected chi connectivity index (χ3v) is 4.66. The van der Waals surface area contributed by atoms with E-state index in [2.05, 4.69) is 37.4 Å². The number of likely N-dealkylation sites (N-methyl/N-ethyl adjacent to an activating group) is 1. The van der Waals surface area contributed by atoms with Gasteiger partial charge in [-0.2, -0.15) is 0 Å². The Morgan fingerprint density at radius 1 is 1.04 bits per heavy atom. The van der Waals surface area contributed by atoms with Gasteiger partial charge >= 0.3 is 0 Å². The summed E-state index contributed by atoms with van der Waals surface area (Å²) in [6, 6.07) is 12.1. The molecule has 0 unspecified atom stereocenters. The molecule has 1 amide bonds. The van der Waals surface area contributed by atoms with Crippen molar-refractivity contribution in [3.63, 3.8) is 0 Å². The second kappa shape index (κ2) is 10.7. The number of benzene rings is 2. The third-order valence-electron chi connectivity index (χ3n) is 4.66. The number of anilines is 1. The highest BCUT2D eigenvalue weighted by molar-refractivity contribution is 5.93. The Morgan fingerprint density at radius 2 is 1.71 bits per heavy atom. The lowest BCUT2D eigenvalue weighted by molar-refractivity contribution is -0.117. The molecule has 0 aliphatic rings. The van der Waals surface area contributed by atoms with Crippen molar-refractivity contribution in [1.29, 1.82) is 0 Å². The van der Waals surface area contributed by atoms with Gasteiger partial charge in [0.15, 0.2) is 11.5 Å². The molecule has 0 bridgehead atoms. The molecule has 0 radical (unpaired) electrons. The number of aryl methyl sites for hydroxylation is 2. The number of nitrogens with one attached hydrogen (secondary N) is 1. The summed E-state index contributed by atoms with van der Waals surface area (Å²) < 4.78 is 11.0. The summed E-state index contributed by atoms with van der Waals surface area (Å²) in [5.74, 6) is 1.44. The number of para-hydroxylation sites is 1. The Hall–Kier alpha value is -2.53. The summed E-state index contributed by atoms with van der Waals surface area (Å²) in [7, 11) is 3.57. The Balaban J connectivity index is 2.02. The molecule has 2 aromatic rings. The quantitative estimate of drug-likeness (QED) is 0.664. The molecule has 2 rings (SSSR count). The van der Waals surface area contributed by atoms with Crippen molar-refractivity contribution in [2.75, 3.05) is 32.6 Å². The largest absolute Gasteiger partial charge is 0.493 e. The van der Waals surface area contributed by atoms with E-state index in [9.17, 15) is 4.79 Å². The second-order valence-electron chi connectivity index (χ2n) is 6.80. The Morgan fingerprint density at radius 3 is 2.29 bits per heavy atom. The number of carbonyl (C=O) groups excluding carboxylic acids is 1. The molecule has 5 heteroatoms. The van der Waals surface area contributed by atoms with Gasteiger partial charge in [-0.25, -0.2) is 0 Å². The fourth-order valence-electron chi connectivity index (χ4n) is 3.28. The molecule has 0 aromatic heterocycles. The van der Waals surface area contributed by atoms with Crippen molar-refractivity contribution in [2.24, 2.45) is 0 Å².